The largest absolute Gasteiger partial charge is 0.371 e. The summed E-state index contributed by atoms with van der Waals surface area (Å²) in [7, 11) is 0. The summed E-state index contributed by atoms with van der Waals surface area (Å²) in [5.74, 6) is -2.15. The number of halogens is 2. The molecule has 1 aliphatic carbocycles. The molecule has 5 nitrogen and oxygen atoms in total. The minimum absolute atomic E-state index is 0.0141. The first kappa shape index (κ1) is 14.7. The Morgan fingerprint density at radius 1 is 1.45 bits per heavy atom. The van der Waals surface area contributed by atoms with Gasteiger partial charge in [0.2, 0.25) is 5.92 Å². The number of aromatic amines is 1. The molecular weight excluding hydrogens is 268 g/mol. The summed E-state index contributed by atoms with van der Waals surface area (Å²) in [5.41, 5.74) is -0.841. The Morgan fingerprint density at radius 3 is 2.60 bits per heavy atom. The van der Waals surface area contributed by atoms with Crippen LogP contribution in [0.5, 0.6) is 0 Å². The lowest BCUT2D eigenvalue weighted by Gasteiger charge is -2.34. The Bertz CT molecular complexity index is 553. The van der Waals surface area contributed by atoms with Gasteiger partial charge in [0.05, 0.1) is 0 Å². The molecule has 2 rings (SSSR count). The summed E-state index contributed by atoms with van der Waals surface area (Å²) in [4.78, 5) is 26.0. The molecule has 1 fully saturated rings. The summed E-state index contributed by atoms with van der Waals surface area (Å²) in [6, 6.07) is 1.11. The number of hydrogen-bond acceptors (Lipinski definition) is 3. The highest BCUT2D eigenvalue weighted by Crippen LogP contribution is 2.43. The molecule has 0 saturated heterocycles. The van der Waals surface area contributed by atoms with E-state index >= 15 is 0 Å². The van der Waals surface area contributed by atoms with Crippen molar-refractivity contribution >= 4 is 5.82 Å². The third kappa shape index (κ3) is 3.26. The third-order valence-electron chi connectivity index (χ3n) is 3.52. The maximum absolute atomic E-state index is 12.7. The molecule has 0 amide bonds. The monoisotopic (exact) mass is 287 g/mol. The topological polar surface area (TPSA) is 66.9 Å². The van der Waals surface area contributed by atoms with Crippen LogP contribution >= 0.6 is 0 Å². The van der Waals surface area contributed by atoms with Gasteiger partial charge >= 0.3 is 5.69 Å². The molecule has 0 radical (unpaired) electrons. The average molecular weight is 287 g/mol. The van der Waals surface area contributed by atoms with Crippen LogP contribution in [0, 0.1) is 5.92 Å². The van der Waals surface area contributed by atoms with E-state index < -0.39 is 11.6 Å². The second-order valence-electron chi connectivity index (χ2n) is 5.64. The molecule has 1 aromatic heterocycles. The SMILES string of the molecule is CC(C)n1c(=O)cc(NCCC2CC(F)(F)C2)[nH]c1=O. The van der Waals surface area contributed by atoms with Gasteiger partial charge in [0, 0.05) is 31.5 Å². The van der Waals surface area contributed by atoms with Crippen molar-refractivity contribution in [3.63, 3.8) is 0 Å². The minimum Gasteiger partial charge on any atom is -0.371 e. The predicted octanol–water partition coefficient (Wildman–Crippen LogP) is 1.96. The van der Waals surface area contributed by atoms with Crippen molar-refractivity contribution in [1.29, 1.82) is 0 Å². The van der Waals surface area contributed by atoms with Crippen LogP contribution in [0.2, 0.25) is 0 Å². The van der Waals surface area contributed by atoms with Gasteiger partial charge in [0.25, 0.3) is 5.56 Å². The van der Waals surface area contributed by atoms with Crippen LogP contribution < -0.4 is 16.6 Å². The van der Waals surface area contributed by atoms with Crippen molar-refractivity contribution in [2.24, 2.45) is 5.92 Å². The highest BCUT2D eigenvalue weighted by atomic mass is 19.3. The van der Waals surface area contributed by atoms with Gasteiger partial charge in [0.1, 0.15) is 5.82 Å². The lowest BCUT2D eigenvalue weighted by atomic mass is 9.79. The van der Waals surface area contributed by atoms with E-state index in [4.69, 9.17) is 0 Å². The van der Waals surface area contributed by atoms with Gasteiger partial charge in [-0.05, 0) is 26.2 Å². The van der Waals surface area contributed by atoms with Crippen LogP contribution in [0.4, 0.5) is 14.6 Å². The smallest absolute Gasteiger partial charge is 0.330 e. The van der Waals surface area contributed by atoms with Crippen molar-refractivity contribution in [2.75, 3.05) is 11.9 Å². The Balaban J connectivity index is 1.91. The first-order chi connectivity index (χ1) is 9.28. The van der Waals surface area contributed by atoms with Gasteiger partial charge in [-0.1, -0.05) is 0 Å². The first-order valence-corrected chi connectivity index (χ1v) is 6.76. The first-order valence-electron chi connectivity index (χ1n) is 6.76. The van der Waals surface area contributed by atoms with Gasteiger partial charge < -0.3 is 5.32 Å². The second-order valence-corrected chi connectivity index (χ2v) is 5.64. The van der Waals surface area contributed by atoms with E-state index in [2.05, 4.69) is 10.3 Å². The number of aromatic nitrogens is 2. The molecule has 0 bridgehead atoms. The lowest BCUT2D eigenvalue weighted by Crippen LogP contribution is -2.37. The molecule has 112 valence electrons. The average Bonchev–Trinajstić information content (AvgIpc) is 2.24. The quantitative estimate of drug-likeness (QED) is 0.870. The number of nitrogens with one attached hydrogen (secondary N) is 2. The molecule has 0 spiro atoms. The van der Waals surface area contributed by atoms with Crippen molar-refractivity contribution in [3.05, 3.63) is 26.9 Å². The number of hydrogen-bond donors (Lipinski definition) is 2. The summed E-state index contributed by atoms with van der Waals surface area (Å²) in [5, 5.41) is 2.91. The van der Waals surface area contributed by atoms with E-state index in [9.17, 15) is 18.4 Å². The zero-order chi connectivity index (χ0) is 14.9. The molecule has 1 aromatic rings. The fraction of sp³-hybridized carbons (Fsp3) is 0.692. The molecule has 1 heterocycles. The number of H-pyrrole nitrogens is 1. The fourth-order valence-electron chi connectivity index (χ4n) is 2.49. The van der Waals surface area contributed by atoms with E-state index in [0.717, 1.165) is 4.57 Å². The minimum atomic E-state index is -2.50. The van der Waals surface area contributed by atoms with Crippen molar-refractivity contribution < 1.29 is 8.78 Å². The van der Waals surface area contributed by atoms with E-state index in [1.54, 1.807) is 13.8 Å². The van der Waals surface area contributed by atoms with Crippen molar-refractivity contribution in [2.45, 2.75) is 45.1 Å². The molecule has 0 aliphatic heterocycles. The lowest BCUT2D eigenvalue weighted by molar-refractivity contribution is -0.111. The molecular formula is C13H19F2N3O2. The molecule has 7 heteroatoms. The highest BCUT2D eigenvalue weighted by molar-refractivity contribution is 5.31. The number of alkyl halides is 2. The van der Waals surface area contributed by atoms with Crippen molar-refractivity contribution in [3.8, 4) is 0 Å². The van der Waals surface area contributed by atoms with E-state index in [-0.39, 0.29) is 30.4 Å². The maximum atomic E-state index is 12.7. The molecule has 0 unspecified atom stereocenters. The van der Waals surface area contributed by atoms with Gasteiger partial charge in [0.15, 0.2) is 0 Å². The Kier molecular flexibility index (Phi) is 3.96. The van der Waals surface area contributed by atoms with Crippen molar-refractivity contribution in [1.82, 2.24) is 9.55 Å². The maximum Gasteiger partial charge on any atom is 0.330 e. The van der Waals surface area contributed by atoms with Crippen LogP contribution in [0.1, 0.15) is 39.2 Å². The molecule has 1 saturated carbocycles. The summed E-state index contributed by atoms with van der Waals surface area (Å²) < 4.78 is 26.4. The third-order valence-corrected chi connectivity index (χ3v) is 3.52. The van der Waals surface area contributed by atoms with Crippen LogP contribution in [-0.4, -0.2) is 22.0 Å². The summed E-state index contributed by atoms with van der Waals surface area (Å²) in [6.07, 6.45) is 0.463. The molecule has 20 heavy (non-hydrogen) atoms. The van der Waals surface area contributed by atoms with Crippen LogP contribution in [0.15, 0.2) is 15.7 Å². The highest BCUT2D eigenvalue weighted by Gasteiger charge is 2.44. The van der Waals surface area contributed by atoms with E-state index in [1.807, 2.05) is 0 Å². The van der Waals surface area contributed by atoms with Gasteiger partial charge in [-0.15, -0.1) is 0 Å². The Hall–Kier alpha value is -1.66. The summed E-state index contributed by atoms with van der Waals surface area (Å²) in [6.45, 7) is 3.96. The second kappa shape index (κ2) is 5.38. The zero-order valence-electron chi connectivity index (χ0n) is 11.6. The summed E-state index contributed by atoms with van der Waals surface area (Å²) >= 11 is 0. The zero-order valence-corrected chi connectivity index (χ0v) is 11.6. The van der Waals surface area contributed by atoms with Gasteiger partial charge in [-0.25, -0.2) is 13.6 Å². The van der Waals surface area contributed by atoms with E-state index in [1.165, 1.54) is 6.07 Å². The van der Waals surface area contributed by atoms with E-state index in [0.29, 0.717) is 18.8 Å². The molecule has 2 N–H and O–H groups in total. The number of nitrogens with zero attached hydrogens (tertiary/aromatic N) is 1. The standard InChI is InChI=1S/C13H19F2N3O2/c1-8(2)18-11(19)5-10(17-12(18)20)16-4-3-9-6-13(14,15)7-9/h5,8-9,16H,3-4,6-7H2,1-2H3,(H,17,20). The molecule has 0 atom stereocenters. The molecule has 0 aromatic carbocycles. The predicted molar refractivity (Wildman–Crippen MR) is 72.5 cm³/mol. The fourth-order valence-corrected chi connectivity index (χ4v) is 2.49. The molecule has 1 aliphatic rings. The van der Waals surface area contributed by atoms with Crippen LogP contribution in [-0.2, 0) is 0 Å². The number of rotatable bonds is 5. The Labute approximate surface area is 115 Å². The number of anilines is 1. The van der Waals surface area contributed by atoms with Crippen LogP contribution in [0.3, 0.4) is 0 Å². The van der Waals surface area contributed by atoms with Crippen LogP contribution in [0.25, 0.3) is 0 Å². The Morgan fingerprint density at radius 2 is 2.10 bits per heavy atom. The normalized spacial score (nSPS) is 18.1. The van der Waals surface area contributed by atoms with Gasteiger partial charge in [-0.2, -0.15) is 0 Å². The van der Waals surface area contributed by atoms with Gasteiger partial charge in [-0.3, -0.25) is 14.3 Å².